The van der Waals surface area contributed by atoms with Crippen molar-refractivity contribution in [3.8, 4) is 0 Å². The van der Waals surface area contributed by atoms with E-state index in [1.165, 1.54) is 0 Å². The van der Waals surface area contributed by atoms with Gasteiger partial charge in [0.05, 0.1) is 11.8 Å². The van der Waals surface area contributed by atoms with Gasteiger partial charge < -0.3 is 9.32 Å². The van der Waals surface area contributed by atoms with E-state index in [4.69, 9.17) is 4.42 Å². The third-order valence-electron chi connectivity index (χ3n) is 3.03. The van der Waals surface area contributed by atoms with Gasteiger partial charge in [0.2, 0.25) is 0 Å². The molecule has 1 atom stereocenters. The Bertz CT molecular complexity index is 356. The lowest BCUT2D eigenvalue weighted by atomic mass is 10.0. The molecule has 0 bridgehead atoms. The van der Waals surface area contributed by atoms with E-state index in [0.29, 0.717) is 6.04 Å². The number of furan rings is 1. The summed E-state index contributed by atoms with van der Waals surface area (Å²) in [6.45, 7) is 0.925. The summed E-state index contributed by atoms with van der Waals surface area (Å²) in [4.78, 5) is 13.8. The largest absolute Gasteiger partial charge is 0.468 e. The van der Waals surface area contributed by atoms with E-state index in [2.05, 4.69) is 0 Å². The molecule has 2 aliphatic rings. The molecule has 0 saturated carbocycles. The zero-order valence-corrected chi connectivity index (χ0v) is 7.32. The highest BCUT2D eigenvalue weighted by atomic mass is 16.3. The maximum Gasteiger partial charge on any atom is 0.257 e. The monoisotopic (exact) mass is 177 g/mol. The maximum atomic E-state index is 11.8. The highest BCUT2D eigenvalue weighted by molar-refractivity contribution is 5.96. The molecule has 2 aliphatic heterocycles. The normalized spacial score (nSPS) is 26.0. The molecule has 68 valence electrons. The lowest BCUT2D eigenvalue weighted by molar-refractivity contribution is 0.0705. The smallest absolute Gasteiger partial charge is 0.257 e. The second-order valence-corrected chi connectivity index (χ2v) is 3.76. The Morgan fingerprint density at radius 3 is 3.38 bits per heavy atom. The molecule has 0 spiro atoms. The number of rotatable bonds is 0. The van der Waals surface area contributed by atoms with Crippen LogP contribution in [0.5, 0.6) is 0 Å². The Labute approximate surface area is 76.3 Å². The van der Waals surface area contributed by atoms with E-state index in [1.54, 1.807) is 12.3 Å². The standard InChI is InChI=1S/C10H11NO2/c12-10-8-3-5-13-9(8)6-7-2-1-4-11(7)10/h3,5,7H,1-2,4,6H2. The molecule has 1 saturated heterocycles. The number of hydrogen-bond acceptors (Lipinski definition) is 2. The molecule has 1 aromatic rings. The fourth-order valence-corrected chi connectivity index (χ4v) is 2.37. The summed E-state index contributed by atoms with van der Waals surface area (Å²) in [6, 6.07) is 2.19. The molecule has 1 unspecified atom stereocenters. The molecule has 3 rings (SSSR count). The summed E-state index contributed by atoms with van der Waals surface area (Å²) in [7, 11) is 0. The Kier molecular flexibility index (Phi) is 1.31. The summed E-state index contributed by atoms with van der Waals surface area (Å²) in [6.07, 6.45) is 4.80. The molecule has 0 radical (unpaired) electrons. The first-order valence-electron chi connectivity index (χ1n) is 4.73. The lowest BCUT2D eigenvalue weighted by Crippen LogP contribution is -2.40. The van der Waals surface area contributed by atoms with Crippen molar-refractivity contribution in [2.45, 2.75) is 25.3 Å². The van der Waals surface area contributed by atoms with Crippen LogP contribution in [-0.4, -0.2) is 23.4 Å². The SMILES string of the molecule is O=C1c2ccoc2CC2CCCN12. The zero-order valence-electron chi connectivity index (χ0n) is 7.32. The van der Waals surface area contributed by atoms with E-state index in [0.717, 1.165) is 37.1 Å². The average Bonchev–Trinajstić information content (AvgIpc) is 2.71. The van der Waals surface area contributed by atoms with Crippen molar-refractivity contribution in [3.63, 3.8) is 0 Å². The summed E-state index contributed by atoms with van der Waals surface area (Å²) in [5, 5.41) is 0. The van der Waals surface area contributed by atoms with Crippen LogP contribution in [0.3, 0.4) is 0 Å². The molecule has 0 aromatic carbocycles. The average molecular weight is 177 g/mol. The van der Waals surface area contributed by atoms with Crippen LogP contribution in [-0.2, 0) is 6.42 Å². The zero-order chi connectivity index (χ0) is 8.84. The van der Waals surface area contributed by atoms with E-state index < -0.39 is 0 Å². The summed E-state index contributed by atoms with van der Waals surface area (Å²) in [5.74, 6) is 1.05. The number of hydrogen-bond donors (Lipinski definition) is 0. The molecule has 1 fully saturated rings. The van der Waals surface area contributed by atoms with Gasteiger partial charge in [-0.2, -0.15) is 0 Å². The molecule has 3 nitrogen and oxygen atoms in total. The lowest BCUT2D eigenvalue weighted by Gasteiger charge is -2.28. The summed E-state index contributed by atoms with van der Waals surface area (Å²) < 4.78 is 5.29. The van der Waals surface area contributed by atoms with Crippen LogP contribution in [0, 0.1) is 0 Å². The van der Waals surface area contributed by atoms with Crippen molar-refractivity contribution in [1.82, 2.24) is 4.90 Å². The minimum atomic E-state index is 0.164. The molecule has 0 aliphatic carbocycles. The molecule has 3 heteroatoms. The van der Waals surface area contributed by atoms with Crippen molar-refractivity contribution in [2.75, 3.05) is 6.54 Å². The van der Waals surface area contributed by atoms with Crippen molar-refractivity contribution < 1.29 is 9.21 Å². The van der Waals surface area contributed by atoms with E-state index >= 15 is 0 Å². The first-order chi connectivity index (χ1) is 6.36. The number of fused-ring (bicyclic) bond motifs is 2. The number of carbonyl (C=O) groups excluding carboxylic acids is 1. The van der Waals surface area contributed by atoms with Crippen molar-refractivity contribution in [2.24, 2.45) is 0 Å². The van der Waals surface area contributed by atoms with Crippen LogP contribution in [0.4, 0.5) is 0 Å². The van der Waals surface area contributed by atoms with Crippen LogP contribution < -0.4 is 0 Å². The third kappa shape index (κ3) is 0.870. The number of carbonyl (C=O) groups is 1. The summed E-state index contributed by atoms with van der Waals surface area (Å²) >= 11 is 0. The van der Waals surface area contributed by atoms with E-state index in [1.807, 2.05) is 4.90 Å². The molecule has 1 amide bonds. The van der Waals surface area contributed by atoms with Crippen LogP contribution >= 0.6 is 0 Å². The fraction of sp³-hybridized carbons (Fsp3) is 0.500. The third-order valence-corrected chi connectivity index (χ3v) is 3.03. The summed E-state index contributed by atoms with van der Waals surface area (Å²) in [5.41, 5.74) is 0.776. The first kappa shape index (κ1) is 7.18. The highest BCUT2D eigenvalue weighted by Gasteiger charge is 2.36. The Balaban J connectivity index is 2.07. The van der Waals surface area contributed by atoms with Crippen molar-refractivity contribution >= 4 is 5.91 Å². The minimum absolute atomic E-state index is 0.164. The second kappa shape index (κ2) is 2.37. The molecule has 0 N–H and O–H groups in total. The quantitative estimate of drug-likeness (QED) is 0.600. The molecular formula is C10H11NO2. The molecule has 3 heterocycles. The van der Waals surface area contributed by atoms with Gasteiger partial charge in [-0.3, -0.25) is 4.79 Å². The number of amides is 1. The topological polar surface area (TPSA) is 33.5 Å². The Morgan fingerprint density at radius 2 is 2.46 bits per heavy atom. The van der Waals surface area contributed by atoms with Gasteiger partial charge in [0, 0.05) is 19.0 Å². The van der Waals surface area contributed by atoms with Gasteiger partial charge in [0.25, 0.3) is 5.91 Å². The maximum absolute atomic E-state index is 11.8. The van der Waals surface area contributed by atoms with Crippen molar-refractivity contribution in [1.29, 1.82) is 0 Å². The molecule has 1 aromatic heterocycles. The van der Waals surface area contributed by atoms with Gasteiger partial charge in [0.15, 0.2) is 0 Å². The molecular weight excluding hydrogens is 166 g/mol. The van der Waals surface area contributed by atoms with Gasteiger partial charge in [-0.25, -0.2) is 0 Å². The van der Waals surface area contributed by atoms with Gasteiger partial charge in [-0.1, -0.05) is 0 Å². The van der Waals surface area contributed by atoms with Gasteiger partial charge in [-0.15, -0.1) is 0 Å². The Hall–Kier alpha value is -1.25. The minimum Gasteiger partial charge on any atom is -0.468 e. The van der Waals surface area contributed by atoms with E-state index in [-0.39, 0.29) is 5.91 Å². The Morgan fingerprint density at radius 1 is 1.54 bits per heavy atom. The van der Waals surface area contributed by atoms with Crippen LogP contribution in [0.1, 0.15) is 29.0 Å². The van der Waals surface area contributed by atoms with Gasteiger partial charge >= 0.3 is 0 Å². The second-order valence-electron chi connectivity index (χ2n) is 3.76. The van der Waals surface area contributed by atoms with Crippen LogP contribution in [0.2, 0.25) is 0 Å². The molecule has 13 heavy (non-hydrogen) atoms. The first-order valence-corrected chi connectivity index (χ1v) is 4.73. The van der Waals surface area contributed by atoms with Crippen LogP contribution in [0.15, 0.2) is 16.7 Å². The fourth-order valence-electron chi connectivity index (χ4n) is 2.37. The predicted molar refractivity (Wildman–Crippen MR) is 46.5 cm³/mol. The van der Waals surface area contributed by atoms with Gasteiger partial charge in [0.1, 0.15) is 5.76 Å². The van der Waals surface area contributed by atoms with Crippen molar-refractivity contribution in [3.05, 3.63) is 23.7 Å². The highest BCUT2D eigenvalue weighted by Crippen LogP contribution is 2.30. The predicted octanol–water partition coefficient (Wildman–Crippen LogP) is 1.44. The van der Waals surface area contributed by atoms with Gasteiger partial charge in [-0.05, 0) is 18.9 Å². The van der Waals surface area contributed by atoms with E-state index in [9.17, 15) is 4.79 Å². The number of nitrogens with zero attached hydrogens (tertiary/aromatic N) is 1. The van der Waals surface area contributed by atoms with Crippen LogP contribution in [0.25, 0.3) is 0 Å².